The normalized spacial score (nSPS) is 17.9. The standard InChI is InChI=1S/C21H25N3O5S/c1-23-8-10-24(11-9-23)30(26,27)18-5-2-4-16(14-18)21(25)22-17-6-7-19-20(15-17)29-13-3-12-28-19/h2,4-7,14-15H,3,8-13H2,1H3,(H,22,25). The Bertz CT molecular complexity index is 1030. The first-order valence-electron chi connectivity index (χ1n) is 9.93. The number of rotatable bonds is 4. The van der Waals surface area contributed by atoms with E-state index in [-0.39, 0.29) is 16.4 Å². The average molecular weight is 432 g/mol. The average Bonchev–Trinajstić information content (AvgIpc) is 2.99. The Morgan fingerprint density at radius 1 is 0.967 bits per heavy atom. The van der Waals surface area contributed by atoms with Gasteiger partial charge in [0.1, 0.15) is 0 Å². The maximum Gasteiger partial charge on any atom is 0.255 e. The number of sulfonamides is 1. The summed E-state index contributed by atoms with van der Waals surface area (Å²) in [7, 11) is -1.67. The first kappa shape index (κ1) is 20.6. The number of nitrogens with one attached hydrogen (secondary N) is 1. The molecule has 2 aromatic rings. The van der Waals surface area contributed by atoms with Gasteiger partial charge in [-0.25, -0.2) is 8.42 Å². The largest absolute Gasteiger partial charge is 0.490 e. The lowest BCUT2D eigenvalue weighted by atomic mass is 10.2. The molecular weight excluding hydrogens is 406 g/mol. The molecule has 2 aliphatic rings. The van der Waals surface area contributed by atoms with Gasteiger partial charge < -0.3 is 19.7 Å². The molecule has 0 atom stereocenters. The molecule has 0 aliphatic carbocycles. The van der Waals surface area contributed by atoms with Crippen LogP contribution in [0.15, 0.2) is 47.4 Å². The van der Waals surface area contributed by atoms with Gasteiger partial charge in [-0.05, 0) is 37.4 Å². The van der Waals surface area contributed by atoms with Crippen molar-refractivity contribution in [2.75, 3.05) is 51.8 Å². The van der Waals surface area contributed by atoms with Crippen LogP contribution in [-0.2, 0) is 10.0 Å². The summed E-state index contributed by atoms with van der Waals surface area (Å²) in [4.78, 5) is 15.0. The van der Waals surface area contributed by atoms with Gasteiger partial charge in [0.15, 0.2) is 11.5 Å². The van der Waals surface area contributed by atoms with Gasteiger partial charge in [-0.15, -0.1) is 0 Å². The van der Waals surface area contributed by atoms with Crippen LogP contribution in [0.4, 0.5) is 5.69 Å². The number of amides is 1. The molecule has 1 amide bonds. The van der Waals surface area contributed by atoms with Crippen molar-refractivity contribution in [1.29, 1.82) is 0 Å². The van der Waals surface area contributed by atoms with Gasteiger partial charge in [0.25, 0.3) is 5.91 Å². The highest BCUT2D eigenvalue weighted by Gasteiger charge is 2.28. The highest BCUT2D eigenvalue weighted by Crippen LogP contribution is 2.32. The third-order valence-electron chi connectivity index (χ3n) is 5.20. The molecule has 4 rings (SSSR count). The minimum atomic E-state index is -3.64. The van der Waals surface area contributed by atoms with Crippen LogP contribution in [0.2, 0.25) is 0 Å². The number of ether oxygens (including phenoxy) is 2. The predicted octanol–water partition coefficient (Wildman–Crippen LogP) is 2.04. The van der Waals surface area contributed by atoms with Gasteiger partial charge in [0, 0.05) is 49.9 Å². The monoisotopic (exact) mass is 431 g/mol. The predicted molar refractivity (Wildman–Crippen MR) is 113 cm³/mol. The van der Waals surface area contributed by atoms with Crippen LogP contribution < -0.4 is 14.8 Å². The summed E-state index contributed by atoms with van der Waals surface area (Å²) in [5.74, 6) is 0.836. The van der Waals surface area contributed by atoms with Crippen molar-refractivity contribution in [3.63, 3.8) is 0 Å². The number of carbonyl (C=O) groups is 1. The summed E-state index contributed by atoms with van der Waals surface area (Å²) in [6.45, 7) is 3.38. The smallest absolute Gasteiger partial charge is 0.255 e. The zero-order chi connectivity index (χ0) is 21.1. The fourth-order valence-corrected chi connectivity index (χ4v) is 4.89. The van der Waals surface area contributed by atoms with E-state index in [0.29, 0.717) is 56.6 Å². The zero-order valence-corrected chi connectivity index (χ0v) is 17.7. The van der Waals surface area contributed by atoms with Crippen molar-refractivity contribution < 1.29 is 22.7 Å². The topological polar surface area (TPSA) is 88.2 Å². The molecule has 2 heterocycles. The van der Waals surface area contributed by atoms with Gasteiger partial charge in [0.05, 0.1) is 18.1 Å². The number of benzene rings is 2. The number of hydrogen-bond acceptors (Lipinski definition) is 6. The molecular formula is C21H25N3O5S. The molecule has 2 aromatic carbocycles. The lowest BCUT2D eigenvalue weighted by molar-refractivity contribution is 0.102. The Balaban J connectivity index is 1.51. The van der Waals surface area contributed by atoms with Crippen molar-refractivity contribution in [1.82, 2.24) is 9.21 Å². The van der Waals surface area contributed by atoms with Crippen molar-refractivity contribution in [3.05, 3.63) is 48.0 Å². The first-order valence-corrected chi connectivity index (χ1v) is 11.4. The number of piperazine rings is 1. The Morgan fingerprint density at radius 2 is 1.70 bits per heavy atom. The summed E-state index contributed by atoms with van der Waals surface area (Å²) < 4.78 is 38.6. The van der Waals surface area contributed by atoms with E-state index in [0.717, 1.165) is 6.42 Å². The van der Waals surface area contributed by atoms with Crippen LogP contribution in [-0.4, -0.2) is 70.0 Å². The zero-order valence-electron chi connectivity index (χ0n) is 16.8. The van der Waals surface area contributed by atoms with Gasteiger partial charge in [0.2, 0.25) is 10.0 Å². The molecule has 0 saturated carbocycles. The van der Waals surface area contributed by atoms with E-state index in [4.69, 9.17) is 9.47 Å². The molecule has 1 N–H and O–H groups in total. The molecule has 0 bridgehead atoms. The summed E-state index contributed by atoms with van der Waals surface area (Å²) in [5, 5.41) is 2.80. The molecule has 0 unspecified atom stereocenters. The Morgan fingerprint density at radius 3 is 2.47 bits per heavy atom. The second kappa shape index (κ2) is 8.63. The lowest BCUT2D eigenvalue weighted by Gasteiger charge is -2.31. The SMILES string of the molecule is CN1CCN(S(=O)(=O)c2cccc(C(=O)Nc3ccc4c(c3)OCCCO4)c2)CC1. The quantitative estimate of drug-likeness (QED) is 0.797. The molecule has 2 aliphatic heterocycles. The van der Waals surface area contributed by atoms with Crippen LogP contribution in [0.1, 0.15) is 16.8 Å². The Labute approximate surface area is 176 Å². The highest BCUT2D eigenvalue weighted by atomic mass is 32.2. The van der Waals surface area contributed by atoms with E-state index < -0.39 is 10.0 Å². The van der Waals surface area contributed by atoms with Gasteiger partial charge in [-0.3, -0.25) is 4.79 Å². The summed E-state index contributed by atoms with van der Waals surface area (Å²) >= 11 is 0. The fraction of sp³-hybridized carbons (Fsp3) is 0.381. The third-order valence-corrected chi connectivity index (χ3v) is 7.10. The van der Waals surface area contributed by atoms with Crippen molar-refractivity contribution >= 4 is 21.6 Å². The first-order chi connectivity index (χ1) is 14.4. The number of carbonyl (C=O) groups excluding carboxylic acids is 1. The van der Waals surface area contributed by atoms with E-state index in [1.165, 1.54) is 16.4 Å². The molecule has 0 spiro atoms. The minimum absolute atomic E-state index is 0.123. The van der Waals surface area contributed by atoms with Crippen molar-refractivity contribution in [2.45, 2.75) is 11.3 Å². The van der Waals surface area contributed by atoms with Crippen molar-refractivity contribution in [2.24, 2.45) is 0 Å². The molecule has 30 heavy (non-hydrogen) atoms. The molecule has 1 fully saturated rings. The maximum absolute atomic E-state index is 13.0. The minimum Gasteiger partial charge on any atom is -0.490 e. The number of fused-ring (bicyclic) bond motifs is 1. The number of hydrogen-bond donors (Lipinski definition) is 1. The molecule has 9 heteroatoms. The van der Waals surface area contributed by atoms with Gasteiger partial charge >= 0.3 is 0 Å². The summed E-state index contributed by atoms with van der Waals surface area (Å²) in [6.07, 6.45) is 0.797. The lowest BCUT2D eigenvalue weighted by Crippen LogP contribution is -2.47. The summed E-state index contributed by atoms with van der Waals surface area (Å²) in [5.41, 5.74) is 0.828. The van der Waals surface area contributed by atoms with E-state index in [1.54, 1.807) is 30.3 Å². The fourth-order valence-electron chi connectivity index (χ4n) is 3.42. The number of anilines is 1. The molecule has 8 nitrogen and oxygen atoms in total. The van der Waals surface area contributed by atoms with E-state index >= 15 is 0 Å². The highest BCUT2D eigenvalue weighted by molar-refractivity contribution is 7.89. The van der Waals surface area contributed by atoms with Gasteiger partial charge in [-0.2, -0.15) is 4.31 Å². The molecule has 1 saturated heterocycles. The van der Waals surface area contributed by atoms with Crippen molar-refractivity contribution in [3.8, 4) is 11.5 Å². The second-order valence-electron chi connectivity index (χ2n) is 7.40. The third kappa shape index (κ3) is 4.43. The molecule has 0 aromatic heterocycles. The maximum atomic E-state index is 13.0. The number of nitrogens with zero attached hydrogens (tertiary/aromatic N) is 2. The Hall–Kier alpha value is -2.62. The van der Waals surface area contributed by atoms with E-state index in [1.807, 2.05) is 7.05 Å². The molecule has 0 radical (unpaired) electrons. The van der Waals surface area contributed by atoms with Crippen LogP contribution >= 0.6 is 0 Å². The van der Waals surface area contributed by atoms with Crippen LogP contribution in [0.3, 0.4) is 0 Å². The Kier molecular flexibility index (Phi) is 5.94. The number of likely N-dealkylation sites (N-methyl/N-ethyl adjacent to an activating group) is 1. The molecule has 160 valence electrons. The van der Waals surface area contributed by atoms with Crippen LogP contribution in [0.5, 0.6) is 11.5 Å². The van der Waals surface area contributed by atoms with E-state index in [9.17, 15) is 13.2 Å². The van der Waals surface area contributed by atoms with Crippen LogP contribution in [0, 0.1) is 0 Å². The van der Waals surface area contributed by atoms with E-state index in [2.05, 4.69) is 10.2 Å². The van der Waals surface area contributed by atoms with Crippen LogP contribution in [0.25, 0.3) is 0 Å². The van der Waals surface area contributed by atoms with Gasteiger partial charge in [-0.1, -0.05) is 6.07 Å². The summed E-state index contributed by atoms with van der Waals surface area (Å²) in [6, 6.07) is 11.3. The second-order valence-corrected chi connectivity index (χ2v) is 9.34.